The Balaban J connectivity index is 1.53. The van der Waals surface area contributed by atoms with Crippen molar-refractivity contribution >= 4 is 17.7 Å². The van der Waals surface area contributed by atoms with Crippen molar-refractivity contribution in [3.63, 3.8) is 0 Å². The van der Waals surface area contributed by atoms with Gasteiger partial charge in [-0.25, -0.2) is 0 Å². The van der Waals surface area contributed by atoms with Crippen LogP contribution in [0.3, 0.4) is 0 Å². The highest BCUT2D eigenvalue weighted by molar-refractivity contribution is 7.99. The van der Waals surface area contributed by atoms with Crippen LogP contribution < -0.4 is 0 Å². The van der Waals surface area contributed by atoms with Crippen molar-refractivity contribution in [2.45, 2.75) is 63.8 Å². The van der Waals surface area contributed by atoms with Crippen LogP contribution in [-0.4, -0.2) is 33.8 Å². The van der Waals surface area contributed by atoms with Gasteiger partial charge < -0.3 is 9.42 Å². The SMILES string of the molecule is Cc1noc(C)c1CSCC(=O)N1C2CCCC1CC2. The Morgan fingerprint density at radius 2 is 2.00 bits per heavy atom. The van der Waals surface area contributed by atoms with E-state index in [4.69, 9.17) is 4.52 Å². The van der Waals surface area contributed by atoms with Gasteiger partial charge in [0.1, 0.15) is 5.76 Å². The average molecular weight is 294 g/mol. The van der Waals surface area contributed by atoms with E-state index >= 15 is 0 Å². The van der Waals surface area contributed by atoms with E-state index in [0.29, 0.717) is 23.7 Å². The van der Waals surface area contributed by atoms with Crippen LogP contribution in [0.2, 0.25) is 0 Å². The summed E-state index contributed by atoms with van der Waals surface area (Å²) in [5.74, 6) is 2.60. The number of rotatable bonds is 4. The number of aromatic nitrogens is 1. The number of amides is 1. The lowest BCUT2D eigenvalue weighted by molar-refractivity contribution is -0.132. The number of fused-ring (bicyclic) bond motifs is 2. The minimum absolute atomic E-state index is 0.328. The molecule has 110 valence electrons. The van der Waals surface area contributed by atoms with E-state index in [2.05, 4.69) is 10.1 Å². The standard InChI is InChI=1S/C15H22N2O2S/c1-10-14(11(2)19-16-10)8-20-9-15(18)17-12-4-3-5-13(17)7-6-12/h12-13H,3-9H2,1-2H3. The first-order chi connectivity index (χ1) is 9.66. The van der Waals surface area contributed by atoms with Crippen LogP contribution in [0.1, 0.15) is 49.1 Å². The Morgan fingerprint density at radius 3 is 2.60 bits per heavy atom. The summed E-state index contributed by atoms with van der Waals surface area (Å²) in [7, 11) is 0. The number of hydrogen-bond acceptors (Lipinski definition) is 4. The summed E-state index contributed by atoms with van der Waals surface area (Å²) in [5, 5.41) is 3.95. The summed E-state index contributed by atoms with van der Waals surface area (Å²) in [5.41, 5.74) is 2.09. The number of carbonyl (C=O) groups is 1. The zero-order chi connectivity index (χ0) is 14.1. The first-order valence-electron chi connectivity index (χ1n) is 7.47. The Bertz CT molecular complexity index is 465. The Hall–Kier alpha value is -0.970. The van der Waals surface area contributed by atoms with Gasteiger partial charge in [0.15, 0.2) is 0 Å². The lowest BCUT2D eigenvalue weighted by Crippen LogP contribution is -2.44. The third kappa shape index (κ3) is 2.60. The lowest BCUT2D eigenvalue weighted by atomic mass is 10.0. The lowest BCUT2D eigenvalue weighted by Gasteiger charge is -2.34. The molecule has 0 N–H and O–H groups in total. The van der Waals surface area contributed by atoms with Gasteiger partial charge in [-0.2, -0.15) is 0 Å². The molecule has 2 bridgehead atoms. The molecule has 0 aromatic carbocycles. The highest BCUT2D eigenvalue weighted by Crippen LogP contribution is 2.36. The molecule has 4 nitrogen and oxygen atoms in total. The van der Waals surface area contributed by atoms with Gasteiger partial charge in [-0.1, -0.05) is 5.16 Å². The van der Waals surface area contributed by atoms with Gasteiger partial charge in [0, 0.05) is 23.4 Å². The third-order valence-electron chi connectivity index (χ3n) is 4.64. The molecule has 2 fully saturated rings. The fourth-order valence-corrected chi connectivity index (χ4v) is 4.59. The smallest absolute Gasteiger partial charge is 0.233 e. The molecule has 0 aliphatic carbocycles. The predicted octanol–water partition coefficient (Wildman–Crippen LogP) is 3.07. The molecule has 1 aromatic rings. The first kappa shape index (κ1) is 14.0. The molecule has 2 aliphatic heterocycles. The maximum Gasteiger partial charge on any atom is 0.233 e. The van der Waals surface area contributed by atoms with E-state index in [1.165, 1.54) is 32.1 Å². The maximum atomic E-state index is 12.4. The zero-order valence-electron chi connectivity index (χ0n) is 12.2. The first-order valence-corrected chi connectivity index (χ1v) is 8.63. The van der Waals surface area contributed by atoms with E-state index in [-0.39, 0.29) is 0 Å². The molecule has 2 aliphatic rings. The normalized spacial score (nSPS) is 25.2. The topological polar surface area (TPSA) is 46.3 Å². The van der Waals surface area contributed by atoms with E-state index in [9.17, 15) is 4.79 Å². The third-order valence-corrected chi connectivity index (χ3v) is 5.58. The van der Waals surface area contributed by atoms with Crippen molar-refractivity contribution < 1.29 is 9.32 Å². The minimum Gasteiger partial charge on any atom is -0.361 e. The summed E-state index contributed by atoms with van der Waals surface area (Å²) in [4.78, 5) is 14.6. The van der Waals surface area contributed by atoms with Crippen molar-refractivity contribution in [3.8, 4) is 0 Å². The van der Waals surface area contributed by atoms with Crippen LogP contribution in [0.4, 0.5) is 0 Å². The summed E-state index contributed by atoms with van der Waals surface area (Å²) in [6.07, 6.45) is 6.13. The summed E-state index contributed by atoms with van der Waals surface area (Å²) in [6.45, 7) is 3.89. The van der Waals surface area contributed by atoms with Gasteiger partial charge in [0.2, 0.25) is 5.91 Å². The Kier molecular flexibility index (Phi) is 4.06. The van der Waals surface area contributed by atoms with Crippen molar-refractivity contribution in [3.05, 3.63) is 17.0 Å². The van der Waals surface area contributed by atoms with Crippen molar-refractivity contribution in [1.82, 2.24) is 10.1 Å². The van der Waals surface area contributed by atoms with Gasteiger partial charge in [0.05, 0.1) is 11.4 Å². The molecule has 3 heterocycles. The minimum atomic E-state index is 0.328. The van der Waals surface area contributed by atoms with Crippen molar-refractivity contribution in [2.24, 2.45) is 0 Å². The predicted molar refractivity (Wildman–Crippen MR) is 79.6 cm³/mol. The second-order valence-electron chi connectivity index (χ2n) is 5.91. The monoisotopic (exact) mass is 294 g/mol. The molecule has 1 amide bonds. The second kappa shape index (κ2) is 5.80. The van der Waals surface area contributed by atoms with Gasteiger partial charge in [0.25, 0.3) is 0 Å². The van der Waals surface area contributed by atoms with Gasteiger partial charge in [-0.15, -0.1) is 11.8 Å². The molecule has 1 aromatic heterocycles. The fourth-order valence-electron chi connectivity index (χ4n) is 3.55. The number of thioether (sulfide) groups is 1. The molecule has 20 heavy (non-hydrogen) atoms. The summed E-state index contributed by atoms with van der Waals surface area (Å²) < 4.78 is 5.15. The molecular weight excluding hydrogens is 272 g/mol. The van der Waals surface area contributed by atoms with Crippen LogP contribution in [0, 0.1) is 13.8 Å². The van der Waals surface area contributed by atoms with Crippen LogP contribution in [0.5, 0.6) is 0 Å². The Labute approximate surface area is 124 Å². The molecule has 0 saturated carbocycles. The van der Waals surface area contributed by atoms with Crippen LogP contribution in [0.15, 0.2) is 4.52 Å². The summed E-state index contributed by atoms with van der Waals surface area (Å²) >= 11 is 1.68. The summed E-state index contributed by atoms with van der Waals surface area (Å²) in [6, 6.07) is 1.06. The molecule has 2 atom stereocenters. The van der Waals surface area contributed by atoms with E-state index in [1.54, 1.807) is 11.8 Å². The molecular formula is C15H22N2O2S. The molecule has 2 saturated heterocycles. The van der Waals surface area contributed by atoms with Crippen molar-refractivity contribution in [1.29, 1.82) is 0 Å². The molecule has 0 spiro atoms. The fraction of sp³-hybridized carbons (Fsp3) is 0.733. The van der Waals surface area contributed by atoms with E-state index in [1.807, 2.05) is 13.8 Å². The number of hydrogen-bond donors (Lipinski definition) is 0. The molecule has 5 heteroatoms. The highest BCUT2D eigenvalue weighted by Gasteiger charge is 2.38. The average Bonchev–Trinajstić information content (AvgIpc) is 2.88. The van der Waals surface area contributed by atoms with Crippen LogP contribution >= 0.6 is 11.8 Å². The second-order valence-corrected chi connectivity index (χ2v) is 6.90. The molecule has 0 radical (unpaired) electrons. The zero-order valence-corrected chi connectivity index (χ0v) is 13.0. The van der Waals surface area contributed by atoms with Gasteiger partial charge in [-0.05, 0) is 46.0 Å². The largest absolute Gasteiger partial charge is 0.361 e. The number of carbonyl (C=O) groups excluding carboxylic acids is 1. The Morgan fingerprint density at radius 1 is 1.30 bits per heavy atom. The molecule has 2 unspecified atom stereocenters. The highest BCUT2D eigenvalue weighted by atomic mass is 32.2. The molecule has 3 rings (SSSR count). The van der Waals surface area contributed by atoms with E-state index < -0.39 is 0 Å². The van der Waals surface area contributed by atoms with Gasteiger partial charge in [-0.3, -0.25) is 4.79 Å². The van der Waals surface area contributed by atoms with Crippen molar-refractivity contribution in [2.75, 3.05) is 5.75 Å². The van der Waals surface area contributed by atoms with E-state index in [0.717, 1.165) is 22.8 Å². The maximum absolute atomic E-state index is 12.4. The van der Waals surface area contributed by atoms with Crippen LogP contribution in [0.25, 0.3) is 0 Å². The number of aryl methyl sites for hydroxylation is 2. The quantitative estimate of drug-likeness (QED) is 0.856. The number of nitrogens with zero attached hydrogens (tertiary/aromatic N) is 2. The van der Waals surface area contributed by atoms with Gasteiger partial charge >= 0.3 is 0 Å². The van der Waals surface area contributed by atoms with Crippen LogP contribution in [-0.2, 0) is 10.5 Å². The number of piperidine rings is 1.